The van der Waals surface area contributed by atoms with Crippen LogP contribution < -0.4 is 15.5 Å². The smallest absolute Gasteiger partial charge is 0.163 e. The van der Waals surface area contributed by atoms with Crippen molar-refractivity contribution in [3.63, 3.8) is 0 Å². The van der Waals surface area contributed by atoms with Gasteiger partial charge < -0.3 is 15.5 Å². The van der Waals surface area contributed by atoms with E-state index in [1.807, 2.05) is 56.6 Å². The Morgan fingerprint density at radius 3 is 2.35 bits per heavy atom. The Balaban J connectivity index is 1.55. The molecule has 0 radical (unpaired) electrons. The summed E-state index contributed by atoms with van der Waals surface area (Å²) in [7, 11) is 4.07. The summed E-state index contributed by atoms with van der Waals surface area (Å²) in [6.07, 6.45) is 3.08. The molecular weight excluding hydrogens is 384 g/mol. The molecule has 0 amide bonds. The van der Waals surface area contributed by atoms with Gasteiger partial charge in [0.05, 0.1) is 23.1 Å². The minimum Gasteiger partial charge on any atom is -0.378 e. The van der Waals surface area contributed by atoms with Gasteiger partial charge in [0.2, 0.25) is 0 Å². The number of carbonyl (C=O) groups excluding carboxylic acids is 1. The fraction of sp³-hybridized carbons (Fsp3) is 0.231. The van der Waals surface area contributed by atoms with Crippen molar-refractivity contribution in [2.45, 2.75) is 24.8 Å². The van der Waals surface area contributed by atoms with Crippen LogP contribution in [0.25, 0.3) is 0 Å². The van der Waals surface area contributed by atoms with Crippen molar-refractivity contribution in [2.75, 3.05) is 29.6 Å². The van der Waals surface area contributed by atoms with E-state index in [1.54, 1.807) is 6.20 Å². The SMILES string of the molecule is CN(C)c1ccc(C2CC(=O)C3=C(C2)Nc2ccccc2NC3c2ccccn2)cc1. The average Bonchev–Trinajstić information content (AvgIpc) is 2.96. The van der Waals surface area contributed by atoms with Gasteiger partial charge in [-0.15, -0.1) is 0 Å². The number of carbonyl (C=O) groups is 1. The number of nitrogens with one attached hydrogen (secondary N) is 2. The second kappa shape index (κ2) is 7.91. The van der Waals surface area contributed by atoms with E-state index in [9.17, 15) is 4.79 Å². The van der Waals surface area contributed by atoms with Crippen LogP contribution in [0.4, 0.5) is 17.1 Å². The summed E-state index contributed by atoms with van der Waals surface area (Å²) in [6, 6.07) is 22.2. The molecule has 1 aliphatic carbocycles. The molecule has 2 N–H and O–H groups in total. The molecule has 156 valence electrons. The molecule has 5 nitrogen and oxygen atoms in total. The molecule has 2 unspecified atom stereocenters. The first-order valence-corrected chi connectivity index (χ1v) is 10.7. The summed E-state index contributed by atoms with van der Waals surface area (Å²) in [4.78, 5) is 20.2. The number of anilines is 3. The van der Waals surface area contributed by atoms with Crippen molar-refractivity contribution in [1.29, 1.82) is 0 Å². The minimum absolute atomic E-state index is 0.157. The van der Waals surface area contributed by atoms with Gasteiger partial charge in [0.25, 0.3) is 0 Å². The number of hydrogen-bond acceptors (Lipinski definition) is 5. The number of nitrogens with zero attached hydrogens (tertiary/aromatic N) is 2. The molecule has 0 bridgehead atoms. The Morgan fingerprint density at radius 2 is 1.65 bits per heavy atom. The summed E-state index contributed by atoms with van der Waals surface area (Å²) in [5, 5.41) is 7.15. The van der Waals surface area contributed by atoms with Crippen molar-refractivity contribution in [1.82, 2.24) is 4.98 Å². The van der Waals surface area contributed by atoms with Crippen LogP contribution in [0.2, 0.25) is 0 Å². The van der Waals surface area contributed by atoms with E-state index in [0.717, 1.165) is 40.4 Å². The molecule has 0 spiro atoms. The van der Waals surface area contributed by atoms with Gasteiger partial charge in [0.15, 0.2) is 5.78 Å². The molecule has 2 atom stereocenters. The number of fused-ring (bicyclic) bond motifs is 1. The van der Waals surface area contributed by atoms with Gasteiger partial charge in [0.1, 0.15) is 0 Å². The van der Waals surface area contributed by atoms with E-state index in [0.29, 0.717) is 6.42 Å². The third-order valence-electron chi connectivity index (χ3n) is 6.17. The van der Waals surface area contributed by atoms with Crippen molar-refractivity contribution in [3.05, 3.63) is 95.5 Å². The lowest BCUT2D eigenvalue weighted by molar-refractivity contribution is -0.116. The van der Waals surface area contributed by atoms with Crippen LogP contribution in [0, 0.1) is 0 Å². The standard InChI is InChI=1S/C26H26N4O/c1-30(2)19-12-10-17(11-13-19)18-15-23-25(24(31)16-18)26(22-9-5-6-14-27-22)29-21-8-4-3-7-20(21)28-23/h3-14,18,26,28-29H,15-16H2,1-2H3. The molecule has 2 heterocycles. The summed E-state index contributed by atoms with van der Waals surface area (Å²) in [6.45, 7) is 0. The molecule has 5 rings (SSSR count). The number of allylic oxidation sites excluding steroid dienone is 1. The van der Waals surface area contributed by atoms with Gasteiger partial charge in [-0.05, 0) is 54.3 Å². The first kappa shape index (κ1) is 19.4. The highest BCUT2D eigenvalue weighted by Gasteiger charge is 2.36. The number of para-hydroxylation sites is 2. The van der Waals surface area contributed by atoms with Crippen LogP contribution in [-0.2, 0) is 4.79 Å². The monoisotopic (exact) mass is 410 g/mol. The minimum atomic E-state index is -0.267. The van der Waals surface area contributed by atoms with Gasteiger partial charge in [-0.2, -0.15) is 0 Å². The summed E-state index contributed by atoms with van der Waals surface area (Å²) >= 11 is 0. The van der Waals surface area contributed by atoms with Gasteiger partial charge in [-0.25, -0.2) is 0 Å². The second-order valence-corrected chi connectivity index (χ2v) is 8.41. The van der Waals surface area contributed by atoms with Crippen molar-refractivity contribution >= 4 is 22.8 Å². The van der Waals surface area contributed by atoms with Crippen molar-refractivity contribution in [3.8, 4) is 0 Å². The van der Waals surface area contributed by atoms with E-state index in [2.05, 4.69) is 44.8 Å². The van der Waals surface area contributed by atoms with E-state index in [1.165, 1.54) is 5.56 Å². The second-order valence-electron chi connectivity index (χ2n) is 8.41. The Hall–Kier alpha value is -3.60. The average molecular weight is 411 g/mol. The van der Waals surface area contributed by atoms with Crippen LogP contribution >= 0.6 is 0 Å². The highest BCUT2D eigenvalue weighted by Crippen LogP contribution is 2.43. The fourth-order valence-electron chi connectivity index (χ4n) is 4.54. The highest BCUT2D eigenvalue weighted by atomic mass is 16.1. The Labute approximate surface area is 182 Å². The molecule has 5 heteroatoms. The molecule has 0 saturated heterocycles. The maximum Gasteiger partial charge on any atom is 0.163 e. The molecule has 3 aromatic rings. The number of aromatic nitrogens is 1. The fourth-order valence-corrected chi connectivity index (χ4v) is 4.54. The maximum atomic E-state index is 13.5. The molecule has 31 heavy (non-hydrogen) atoms. The van der Waals surface area contributed by atoms with E-state index >= 15 is 0 Å². The van der Waals surface area contributed by atoms with Gasteiger partial charge in [0, 0.05) is 43.7 Å². The number of Topliss-reactive ketones (excluding diaryl/α,β-unsaturated/α-hetero) is 1. The van der Waals surface area contributed by atoms with Gasteiger partial charge >= 0.3 is 0 Å². The van der Waals surface area contributed by atoms with Crippen LogP contribution in [0.3, 0.4) is 0 Å². The van der Waals surface area contributed by atoms with Gasteiger partial charge in [-0.1, -0.05) is 30.3 Å². The van der Waals surface area contributed by atoms with Crippen LogP contribution in [0.1, 0.15) is 36.1 Å². The van der Waals surface area contributed by atoms with Gasteiger partial charge in [-0.3, -0.25) is 9.78 Å². The molecule has 0 fully saturated rings. The predicted octanol–water partition coefficient (Wildman–Crippen LogP) is 5.13. The number of benzene rings is 2. The summed E-state index contributed by atoms with van der Waals surface area (Å²) in [5.41, 5.74) is 6.98. The number of hydrogen-bond donors (Lipinski definition) is 2. The van der Waals surface area contributed by atoms with E-state index in [-0.39, 0.29) is 17.7 Å². The zero-order valence-corrected chi connectivity index (χ0v) is 17.8. The molecule has 2 aromatic carbocycles. The molecule has 1 aliphatic heterocycles. The normalized spacial score (nSPS) is 20.1. The summed E-state index contributed by atoms with van der Waals surface area (Å²) < 4.78 is 0. The van der Waals surface area contributed by atoms with Crippen molar-refractivity contribution < 1.29 is 4.79 Å². The van der Waals surface area contributed by atoms with E-state index < -0.39 is 0 Å². The van der Waals surface area contributed by atoms with Crippen LogP contribution in [0.15, 0.2) is 84.2 Å². The molecule has 1 aromatic heterocycles. The lowest BCUT2D eigenvalue weighted by Crippen LogP contribution is -2.27. The maximum absolute atomic E-state index is 13.5. The molecule has 0 saturated carbocycles. The van der Waals surface area contributed by atoms with Crippen LogP contribution in [0.5, 0.6) is 0 Å². The number of rotatable bonds is 3. The third kappa shape index (κ3) is 3.67. The predicted molar refractivity (Wildman–Crippen MR) is 125 cm³/mol. The first-order chi connectivity index (χ1) is 15.1. The third-order valence-corrected chi connectivity index (χ3v) is 6.17. The Morgan fingerprint density at radius 1 is 0.903 bits per heavy atom. The zero-order valence-electron chi connectivity index (χ0n) is 17.8. The lowest BCUT2D eigenvalue weighted by atomic mass is 9.79. The first-order valence-electron chi connectivity index (χ1n) is 10.7. The Kier molecular flexibility index (Phi) is 4.94. The van der Waals surface area contributed by atoms with Crippen molar-refractivity contribution in [2.24, 2.45) is 0 Å². The largest absolute Gasteiger partial charge is 0.378 e. The van der Waals surface area contributed by atoms with E-state index in [4.69, 9.17) is 0 Å². The van der Waals surface area contributed by atoms with Crippen LogP contribution in [-0.4, -0.2) is 24.9 Å². The highest BCUT2D eigenvalue weighted by molar-refractivity contribution is 6.01. The molecular formula is C26H26N4O. The quantitative estimate of drug-likeness (QED) is 0.627. The lowest BCUT2D eigenvalue weighted by Gasteiger charge is -2.29. The Bertz CT molecular complexity index is 1140. The number of pyridine rings is 1. The summed E-state index contributed by atoms with van der Waals surface area (Å²) in [5.74, 6) is 0.330. The molecule has 2 aliphatic rings. The topological polar surface area (TPSA) is 57.3 Å². The zero-order chi connectivity index (χ0) is 21.4. The number of ketones is 1.